The Labute approximate surface area is 205 Å². The summed E-state index contributed by atoms with van der Waals surface area (Å²) in [5.74, 6) is 0.845. The summed E-state index contributed by atoms with van der Waals surface area (Å²) in [6.45, 7) is 0.983. The number of nitrogens with one attached hydrogen (secondary N) is 1. The second kappa shape index (κ2) is 11.6. The summed E-state index contributed by atoms with van der Waals surface area (Å²) < 4.78 is 7.65. The zero-order chi connectivity index (χ0) is 24.7. The van der Waals surface area contributed by atoms with Crippen molar-refractivity contribution < 1.29 is 4.74 Å². The molecule has 0 atom stereocenters. The number of aromatic nitrogens is 3. The predicted octanol–water partition coefficient (Wildman–Crippen LogP) is 1.89. The van der Waals surface area contributed by atoms with E-state index in [4.69, 9.17) is 39.4 Å². The minimum absolute atomic E-state index is 0.000519. The molecular weight excluding hydrogens is 481 g/mol. The molecule has 0 saturated carbocycles. The van der Waals surface area contributed by atoms with Gasteiger partial charge in [0.2, 0.25) is 5.95 Å². The number of ether oxygens (including phenoxy) is 1. The summed E-state index contributed by atoms with van der Waals surface area (Å²) in [7, 11) is 1.58. The summed E-state index contributed by atoms with van der Waals surface area (Å²) in [5, 5.41) is 3.76. The van der Waals surface area contributed by atoms with Gasteiger partial charge in [0.1, 0.15) is 5.75 Å². The second-order valence-electron chi connectivity index (χ2n) is 7.36. The van der Waals surface area contributed by atoms with Crippen LogP contribution in [0.5, 0.6) is 5.75 Å². The molecule has 3 rings (SSSR count). The maximum absolute atomic E-state index is 13.4. The maximum atomic E-state index is 13.4. The number of nitrogens with two attached hydrogens (primary N) is 2. The lowest BCUT2D eigenvalue weighted by molar-refractivity contribution is 0.414. The number of hydrogen-bond donors (Lipinski definition) is 3. The molecular formula is C22H25Cl2N7O3. The molecule has 2 aromatic carbocycles. The van der Waals surface area contributed by atoms with Crippen molar-refractivity contribution in [2.75, 3.05) is 25.5 Å². The van der Waals surface area contributed by atoms with E-state index in [-0.39, 0.29) is 25.0 Å². The lowest BCUT2D eigenvalue weighted by Gasteiger charge is -2.16. The predicted molar refractivity (Wildman–Crippen MR) is 134 cm³/mol. The fourth-order valence-electron chi connectivity index (χ4n) is 3.16. The van der Waals surface area contributed by atoms with E-state index in [1.807, 2.05) is 12.1 Å². The number of anilines is 1. The van der Waals surface area contributed by atoms with Crippen LogP contribution in [0.2, 0.25) is 10.0 Å². The highest BCUT2D eigenvalue weighted by Crippen LogP contribution is 2.22. The number of nitrogens with zero attached hydrogens (tertiary/aromatic N) is 4. The van der Waals surface area contributed by atoms with E-state index < -0.39 is 11.4 Å². The Morgan fingerprint density at radius 1 is 1.03 bits per heavy atom. The van der Waals surface area contributed by atoms with Crippen LogP contribution in [0.1, 0.15) is 17.5 Å². The zero-order valence-electron chi connectivity index (χ0n) is 18.5. The summed E-state index contributed by atoms with van der Waals surface area (Å²) in [4.78, 5) is 34.2. The minimum atomic E-state index is -0.686. The van der Waals surface area contributed by atoms with Crippen molar-refractivity contribution in [1.29, 1.82) is 0 Å². The average molecular weight is 506 g/mol. The van der Waals surface area contributed by atoms with Gasteiger partial charge in [-0.15, -0.1) is 0 Å². The van der Waals surface area contributed by atoms with E-state index in [9.17, 15) is 9.59 Å². The molecule has 10 nitrogen and oxygen atoms in total. The van der Waals surface area contributed by atoms with Crippen LogP contribution in [0.25, 0.3) is 0 Å². The van der Waals surface area contributed by atoms with Crippen LogP contribution in [0.15, 0.2) is 57.0 Å². The lowest BCUT2D eigenvalue weighted by atomic mass is 10.2. The molecule has 0 bridgehead atoms. The smallest absolute Gasteiger partial charge is 0.355 e. The van der Waals surface area contributed by atoms with Gasteiger partial charge in [0.05, 0.1) is 30.2 Å². The highest BCUT2D eigenvalue weighted by atomic mass is 35.5. The fraction of sp³-hybridized carbons (Fsp3) is 0.273. The standard InChI is InChI=1S/C22H25Cl2N7O3/c1-34-16-6-3-14(4-7-16)12-30-20(28-10-2-9-27-19(25)26)29-21(32)31(22(30)33)13-15-5-8-17(23)18(24)11-15/h3-8,11H,2,9-10,12-13H2,1H3,(H4,25,26,27)(H,28,29,32). The van der Waals surface area contributed by atoms with Gasteiger partial charge in [-0.05, 0) is 41.8 Å². The first kappa shape index (κ1) is 25.1. The Morgan fingerprint density at radius 2 is 1.71 bits per heavy atom. The Kier molecular flexibility index (Phi) is 8.55. The molecule has 0 saturated heterocycles. The van der Waals surface area contributed by atoms with Crippen LogP contribution in [-0.2, 0) is 13.1 Å². The molecule has 0 radical (unpaired) electrons. The van der Waals surface area contributed by atoms with Crippen molar-refractivity contribution in [3.8, 4) is 5.75 Å². The molecule has 5 N–H and O–H groups in total. The zero-order valence-corrected chi connectivity index (χ0v) is 20.0. The molecule has 0 aliphatic rings. The topological polar surface area (TPSA) is 143 Å². The molecule has 34 heavy (non-hydrogen) atoms. The number of methoxy groups -OCH3 is 1. The molecule has 0 spiro atoms. The normalized spacial score (nSPS) is 10.7. The van der Waals surface area contributed by atoms with Crippen LogP contribution in [0.3, 0.4) is 0 Å². The Bertz CT molecular complexity index is 1280. The van der Waals surface area contributed by atoms with Crippen molar-refractivity contribution in [1.82, 2.24) is 14.1 Å². The number of halogens is 2. The van der Waals surface area contributed by atoms with Crippen LogP contribution in [0, 0.1) is 0 Å². The van der Waals surface area contributed by atoms with E-state index in [2.05, 4.69) is 15.3 Å². The van der Waals surface area contributed by atoms with E-state index in [0.29, 0.717) is 40.9 Å². The molecule has 180 valence electrons. The van der Waals surface area contributed by atoms with E-state index >= 15 is 0 Å². The Hall–Kier alpha value is -3.50. The Balaban J connectivity index is 1.95. The molecule has 0 unspecified atom stereocenters. The number of benzene rings is 2. The number of hydrogen-bond acceptors (Lipinski definition) is 6. The molecule has 0 fully saturated rings. The van der Waals surface area contributed by atoms with Gasteiger partial charge in [0, 0.05) is 13.1 Å². The third-order valence-electron chi connectivity index (χ3n) is 4.89. The monoisotopic (exact) mass is 505 g/mol. The molecule has 1 aromatic heterocycles. The first-order valence-corrected chi connectivity index (χ1v) is 11.1. The van der Waals surface area contributed by atoms with Gasteiger partial charge >= 0.3 is 11.4 Å². The SMILES string of the molecule is COc1ccc(Cn2c(NCCCN=C(N)N)nc(=O)n(Cc3ccc(Cl)c(Cl)c3)c2=O)cc1. The number of guanidine groups is 1. The molecule has 12 heteroatoms. The van der Waals surface area contributed by atoms with Crippen molar-refractivity contribution >= 4 is 35.1 Å². The highest BCUT2D eigenvalue weighted by molar-refractivity contribution is 6.42. The van der Waals surface area contributed by atoms with Crippen LogP contribution < -0.4 is 32.9 Å². The quantitative estimate of drug-likeness (QED) is 0.217. The second-order valence-corrected chi connectivity index (χ2v) is 8.17. The van der Waals surface area contributed by atoms with Crippen molar-refractivity contribution in [3.63, 3.8) is 0 Å². The molecule has 3 aromatic rings. The molecule has 0 amide bonds. The third kappa shape index (κ3) is 6.52. The summed E-state index contributed by atoms with van der Waals surface area (Å²) in [6, 6.07) is 12.2. The summed E-state index contributed by atoms with van der Waals surface area (Å²) in [5.41, 5.74) is 10.9. The van der Waals surface area contributed by atoms with Crippen LogP contribution >= 0.6 is 23.2 Å². The van der Waals surface area contributed by atoms with Gasteiger partial charge in [-0.1, -0.05) is 41.4 Å². The highest BCUT2D eigenvalue weighted by Gasteiger charge is 2.14. The average Bonchev–Trinajstić information content (AvgIpc) is 2.81. The molecule has 1 heterocycles. The number of rotatable bonds is 10. The first-order chi connectivity index (χ1) is 16.3. The van der Waals surface area contributed by atoms with Gasteiger partial charge in [-0.3, -0.25) is 9.56 Å². The van der Waals surface area contributed by atoms with Gasteiger partial charge in [0.25, 0.3) is 0 Å². The van der Waals surface area contributed by atoms with E-state index in [1.165, 1.54) is 4.57 Å². The first-order valence-electron chi connectivity index (χ1n) is 10.4. The lowest BCUT2D eigenvalue weighted by Crippen LogP contribution is -2.43. The van der Waals surface area contributed by atoms with Gasteiger partial charge in [0.15, 0.2) is 5.96 Å². The number of aliphatic imine (C=N–C) groups is 1. The third-order valence-corrected chi connectivity index (χ3v) is 5.63. The van der Waals surface area contributed by atoms with Crippen molar-refractivity contribution in [2.45, 2.75) is 19.5 Å². The minimum Gasteiger partial charge on any atom is -0.497 e. The van der Waals surface area contributed by atoms with Crippen LogP contribution in [-0.4, -0.2) is 40.3 Å². The van der Waals surface area contributed by atoms with Gasteiger partial charge in [-0.25, -0.2) is 14.2 Å². The summed E-state index contributed by atoms with van der Waals surface area (Å²) in [6.07, 6.45) is 0.572. The van der Waals surface area contributed by atoms with Gasteiger partial charge < -0.3 is 21.5 Å². The Morgan fingerprint density at radius 3 is 2.35 bits per heavy atom. The van der Waals surface area contributed by atoms with Gasteiger partial charge in [-0.2, -0.15) is 4.98 Å². The summed E-state index contributed by atoms with van der Waals surface area (Å²) >= 11 is 12.1. The van der Waals surface area contributed by atoms with Crippen LogP contribution in [0.4, 0.5) is 5.95 Å². The molecule has 0 aliphatic carbocycles. The van der Waals surface area contributed by atoms with Crippen molar-refractivity contribution in [2.24, 2.45) is 16.5 Å². The maximum Gasteiger partial charge on any atom is 0.355 e. The van der Waals surface area contributed by atoms with Crippen molar-refractivity contribution in [3.05, 3.63) is 84.6 Å². The largest absolute Gasteiger partial charge is 0.497 e. The van der Waals surface area contributed by atoms with E-state index in [0.717, 1.165) is 10.1 Å². The van der Waals surface area contributed by atoms with E-state index in [1.54, 1.807) is 37.4 Å². The fourth-order valence-corrected chi connectivity index (χ4v) is 3.48. The molecule has 0 aliphatic heterocycles.